The molecule has 0 amide bonds. The van der Waals surface area contributed by atoms with Crippen LogP contribution in [0.15, 0.2) is 0 Å². The van der Waals surface area contributed by atoms with Crippen LogP contribution in [0.4, 0.5) is 0 Å². The van der Waals surface area contributed by atoms with E-state index in [1.807, 2.05) is 0 Å². The van der Waals surface area contributed by atoms with Gasteiger partial charge < -0.3 is 14.2 Å². The van der Waals surface area contributed by atoms with Crippen molar-refractivity contribution in [2.75, 3.05) is 19.8 Å². The van der Waals surface area contributed by atoms with E-state index in [4.69, 9.17) is 4.74 Å². The summed E-state index contributed by atoms with van der Waals surface area (Å²) in [5.74, 6) is -3.93. The van der Waals surface area contributed by atoms with Gasteiger partial charge in [-0.05, 0) is 19.3 Å². The summed E-state index contributed by atoms with van der Waals surface area (Å²) in [4.78, 5) is 41.9. The van der Waals surface area contributed by atoms with Crippen LogP contribution in [-0.4, -0.2) is 44.7 Å². The molecule has 0 aromatic heterocycles. The van der Waals surface area contributed by atoms with Crippen molar-refractivity contribution in [2.45, 2.75) is 25.7 Å². The Morgan fingerprint density at radius 2 is 1.50 bits per heavy atom. The highest BCUT2D eigenvalue weighted by molar-refractivity contribution is 5.93. The van der Waals surface area contributed by atoms with E-state index in [-0.39, 0.29) is 26.1 Å². The maximum Gasteiger partial charge on any atom is 0.369 e. The minimum Gasteiger partial charge on any atom is -0.468 e. The molecule has 0 saturated heterocycles. The molecule has 0 aliphatic heterocycles. The third-order valence-electron chi connectivity index (χ3n) is 2.38. The van der Waals surface area contributed by atoms with Crippen molar-refractivity contribution in [3.05, 3.63) is 0 Å². The Morgan fingerprint density at radius 3 is 2.10 bits per heavy atom. The van der Waals surface area contributed by atoms with Gasteiger partial charge in [-0.15, -0.1) is 0 Å². The first-order valence-corrected chi connectivity index (χ1v) is 6.11. The van der Waals surface area contributed by atoms with E-state index in [2.05, 4.69) is 9.47 Å². The number of hydrogen-bond donors (Lipinski definition) is 0. The van der Waals surface area contributed by atoms with Gasteiger partial charge in [0.2, 0.25) is 0 Å². The minimum atomic E-state index is -1.57. The number of ether oxygens (including phenoxy) is 3. The van der Waals surface area contributed by atoms with Crippen molar-refractivity contribution in [3.63, 3.8) is 0 Å². The minimum absolute atomic E-state index is 0.0677. The summed E-state index contributed by atoms with van der Waals surface area (Å²) in [6, 6.07) is 0. The average molecular weight is 289 g/mol. The van der Waals surface area contributed by atoms with Gasteiger partial charge in [-0.1, -0.05) is 0 Å². The first-order valence-electron chi connectivity index (χ1n) is 6.11. The van der Waals surface area contributed by atoms with E-state index >= 15 is 0 Å². The molecule has 0 spiro atoms. The molecule has 8 heteroatoms. The molecule has 0 aromatic carbocycles. The Hall–Kier alpha value is -2.12. The van der Waals surface area contributed by atoms with Gasteiger partial charge in [-0.3, -0.25) is 14.4 Å². The van der Waals surface area contributed by atoms with Crippen molar-refractivity contribution in [3.8, 4) is 0 Å². The summed E-state index contributed by atoms with van der Waals surface area (Å²) < 4.78 is 13.6. The Labute approximate surface area is 116 Å². The summed E-state index contributed by atoms with van der Waals surface area (Å²) in [6.45, 7) is 0.686. The number of carbonyl (C=O) groups excluding carboxylic acids is 4. The van der Waals surface area contributed by atoms with Gasteiger partial charge >= 0.3 is 11.9 Å². The molecule has 0 N–H and O–H groups in total. The standard InChI is InChI=1S/C12H17O8/c13-8-18-5-2-1-3-6-20-12(17)10(11(15)16)4-7-19-9-14/h8-10H,1-7H2. The first-order chi connectivity index (χ1) is 9.63. The number of carbonyl (C=O) groups is 4. The topological polar surface area (TPSA) is 116 Å². The fourth-order valence-corrected chi connectivity index (χ4v) is 1.35. The van der Waals surface area contributed by atoms with Gasteiger partial charge in [-0.25, -0.2) is 9.90 Å². The molecule has 1 radical (unpaired) electrons. The molecule has 1 unspecified atom stereocenters. The smallest absolute Gasteiger partial charge is 0.369 e. The van der Waals surface area contributed by atoms with Crippen LogP contribution in [0.5, 0.6) is 0 Å². The van der Waals surface area contributed by atoms with Gasteiger partial charge in [0.15, 0.2) is 5.92 Å². The molecule has 0 aliphatic rings. The van der Waals surface area contributed by atoms with Crippen LogP contribution < -0.4 is 0 Å². The Bertz CT molecular complexity index is 315. The Balaban J connectivity index is 3.81. The molecule has 0 aromatic rings. The zero-order valence-corrected chi connectivity index (χ0v) is 10.9. The molecule has 0 saturated carbocycles. The normalized spacial score (nSPS) is 11.2. The number of unbranched alkanes of at least 4 members (excludes halogenated alkanes) is 2. The molecule has 0 rings (SSSR count). The highest BCUT2D eigenvalue weighted by Crippen LogP contribution is 2.08. The van der Waals surface area contributed by atoms with Crippen LogP contribution in [0.1, 0.15) is 25.7 Å². The van der Waals surface area contributed by atoms with Crippen LogP contribution >= 0.6 is 0 Å². The average Bonchev–Trinajstić information content (AvgIpc) is 2.42. The monoisotopic (exact) mass is 289 g/mol. The lowest BCUT2D eigenvalue weighted by molar-refractivity contribution is -0.163. The van der Waals surface area contributed by atoms with Crippen LogP contribution in [0.2, 0.25) is 0 Å². The zero-order chi connectivity index (χ0) is 15.2. The maximum absolute atomic E-state index is 11.5. The second-order valence-corrected chi connectivity index (χ2v) is 3.82. The summed E-state index contributed by atoms with van der Waals surface area (Å²) >= 11 is 0. The van der Waals surface area contributed by atoms with Gasteiger partial charge in [0, 0.05) is 6.42 Å². The lowest BCUT2D eigenvalue weighted by Gasteiger charge is -2.10. The lowest BCUT2D eigenvalue weighted by atomic mass is 10.1. The van der Waals surface area contributed by atoms with Gasteiger partial charge in [0.25, 0.3) is 12.9 Å². The van der Waals surface area contributed by atoms with E-state index in [9.17, 15) is 24.3 Å². The molecule has 0 fully saturated rings. The third kappa shape index (κ3) is 8.90. The van der Waals surface area contributed by atoms with Gasteiger partial charge in [0.1, 0.15) is 0 Å². The van der Waals surface area contributed by atoms with Crippen molar-refractivity contribution < 1.29 is 38.5 Å². The molecule has 113 valence electrons. The van der Waals surface area contributed by atoms with Gasteiger partial charge in [0.05, 0.1) is 19.8 Å². The van der Waals surface area contributed by atoms with Crippen LogP contribution in [0.25, 0.3) is 0 Å². The van der Waals surface area contributed by atoms with Crippen molar-refractivity contribution >= 4 is 24.9 Å². The van der Waals surface area contributed by atoms with E-state index in [1.54, 1.807) is 0 Å². The van der Waals surface area contributed by atoms with E-state index in [0.717, 1.165) is 0 Å². The number of esters is 1. The molecule has 8 nitrogen and oxygen atoms in total. The summed E-state index contributed by atoms with van der Waals surface area (Å²) in [5.41, 5.74) is 0. The first kappa shape index (κ1) is 17.9. The Morgan fingerprint density at radius 1 is 0.900 bits per heavy atom. The summed E-state index contributed by atoms with van der Waals surface area (Å²) in [7, 11) is 0. The molecular weight excluding hydrogens is 272 g/mol. The van der Waals surface area contributed by atoms with Crippen LogP contribution in [0.3, 0.4) is 0 Å². The predicted octanol–water partition coefficient (Wildman–Crippen LogP) is 0.00930. The summed E-state index contributed by atoms with van der Waals surface area (Å²) in [6.07, 6.45) is 1.64. The highest BCUT2D eigenvalue weighted by atomic mass is 16.5. The summed E-state index contributed by atoms with van der Waals surface area (Å²) in [5, 5.41) is 10.7. The molecule has 0 aliphatic carbocycles. The van der Waals surface area contributed by atoms with E-state index in [0.29, 0.717) is 32.3 Å². The van der Waals surface area contributed by atoms with Gasteiger partial charge in [-0.2, -0.15) is 0 Å². The Kier molecular flexibility index (Phi) is 10.7. The fraction of sp³-hybridized carbons (Fsp3) is 0.667. The number of rotatable bonds is 13. The van der Waals surface area contributed by atoms with Crippen molar-refractivity contribution in [1.82, 2.24) is 0 Å². The molecular formula is C12H17O8. The molecule has 0 bridgehead atoms. The van der Waals surface area contributed by atoms with Crippen LogP contribution in [0, 0.1) is 5.92 Å². The second kappa shape index (κ2) is 11.9. The predicted molar refractivity (Wildman–Crippen MR) is 62.6 cm³/mol. The van der Waals surface area contributed by atoms with E-state index < -0.39 is 17.9 Å². The highest BCUT2D eigenvalue weighted by Gasteiger charge is 2.29. The SMILES string of the molecule is [O]C(=O)C(CCOC=O)C(=O)OCCCCCOC=O. The molecule has 20 heavy (non-hydrogen) atoms. The van der Waals surface area contributed by atoms with E-state index in [1.165, 1.54) is 0 Å². The maximum atomic E-state index is 11.5. The second-order valence-electron chi connectivity index (χ2n) is 3.82. The van der Waals surface area contributed by atoms with Crippen molar-refractivity contribution in [1.29, 1.82) is 0 Å². The van der Waals surface area contributed by atoms with Crippen LogP contribution in [-0.2, 0) is 38.5 Å². The number of hydrogen-bond acceptors (Lipinski definition) is 7. The molecule has 0 heterocycles. The third-order valence-corrected chi connectivity index (χ3v) is 2.38. The zero-order valence-electron chi connectivity index (χ0n) is 10.9. The quantitative estimate of drug-likeness (QED) is 0.154. The molecule has 1 atom stereocenters. The lowest BCUT2D eigenvalue weighted by Crippen LogP contribution is -2.26. The largest absolute Gasteiger partial charge is 0.468 e. The van der Waals surface area contributed by atoms with Crippen molar-refractivity contribution in [2.24, 2.45) is 5.92 Å². The fourth-order valence-electron chi connectivity index (χ4n) is 1.35.